The Morgan fingerprint density at radius 1 is 1.18 bits per heavy atom. The minimum Gasteiger partial charge on any atom is -0.493 e. The molecule has 0 radical (unpaired) electrons. The van der Waals surface area contributed by atoms with Crippen molar-refractivity contribution in [3.8, 4) is 11.5 Å². The molecular weight excluding hydrogens is 439 g/mol. The highest BCUT2D eigenvalue weighted by molar-refractivity contribution is 5.92. The number of nitrogens with two attached hydrogens (primary N) is 1. The van der Waals surface area contributed by atoms with E-state index in [0.717, 1.165) is 0 Å². The lowest BCUT2D eigenvalue weighted by molar-refractivity contribution is -0.132. The first-order valence-corrected chi connectivity index (χ1v) is 12.0. The first kappa shape index (κ1) is 24.3. The number of benzene rings is 1. The summed E-state index contributed by atoms with van der Waals surface area (Å²) in [5.41, 5.74) is 6.24. The molecule has 2 heterocycles. The van der Waals surface area contributed by atoms with Crippen LogP contribution in [0.5, 0.6) is 11.5 Å². The molecule has 3 N–H and O–H groups in total. The number of aromatic nitrogens is 2. The summed E-state index contributed by atoms with van der Waals surface area (Å²) in [6.45, 7) is 2.24. The van der Waals surface area contributed by atoms with Gasteiger partial charge in [-0.15, -0.1) is 0 Å². The van der Waals surface area contributed by atoms with Crippen LogP contribution in [0.15, 0.2) is 6.07 Å². The molecule has 1 atom stereocenters. The van der Waals surface area contributed by atoms with Crippen LogP contribution in [0.1, 0.15) is 38.5 Å². The van der Waals surface area contributed by atoms with Gasteiger partial charge in [-0.25, -0.2) is 9.37 Å². The van der Waals surface area contributed by atoms with Crippen molar-refractivity contribution in [1.29, 1.82) is 0 Å². The van der Waals surface area contributed by atoms with E-state index in [2.05, 4.69) is 15.3 Å². The zero-order valence-electron chi connectivity index (χ0n) is 20.3. The summed E-state index contributed by atoms with van der Waals surface area (Å²) >= 11 is 0. The Bertz CT molecular complexity index is 1020. The van der Waals surface area contributed by atoms with E-state index in [9.17, 15) is 4.79 Å². The fourth-order valence-electron chi connectivity index (χ4n) is 5.19. The van der Waals surface area contributed by atoms with Gasteiger partial charge in [-0.1, -0.05) is 19.3 Å². The van der Waals surface area contributed by atoms with Gasteiger partial charge in [-0.2, -0.15) is 4.98 Å². The Hall–Kier alpha value is -2.88. The summed E-state index contributed by atoms with van der Waals surface area (Å²) < 4.78 is 25.5. The van der Waals surface area contributed by atoms with E-state index in [1.54, 1.807) is 6.07 Å². The molecule has 2 aromatic rings. The maximum absolute atomic E-state index is 15.1. The average Bonchev–Trinajstić information content (AvgIpc) is 2.87. The van der Waals surface area contributed by atoms with Crippen molar-refractivity contribution < 1.29 is 18.7 Å². The molecule has 4 rings (SSSR count). The highest BCUT2D eigenvalue weighted by Crippen LogP contribution is 2.37. The molecule has 1 saturated heterocycles. The number of halogens is 1. The van der Waals surface area contributed by atoms with Crippen LogP contribution in [0.3, 0.4) is 0 Å². The summed E-state index contributed by atoms with van der Waals surface area (Å²) in [4.78, 5) is 25.7. The number of ether oxygens (including phenoxy) is 2. The monoisotopic (exact) mass is 474 g/mol. The van der Waals surface area contributed by atoms with Gasteiger partial charge in [-0.3, -0.25) is 4.79 Å². The van der Waals surface area contributed by atoms with Crippen molar-refractivity contribution in [3.05, 3.63) is 11.9 Å². The summed E-state index contributed by atoms with van der Waals surface area (Å²) in [6.07, 6.45) is 6.72. The number of piperazine rings is 1. The van der Waals surface area contributed by atoms with Crippen LogP contribution in [0.25, 0.3) is 10.9 Å². The lowest BCUT2D eigenvalue weighted by Gasteiger charge is -2.36. The van der Waals surface area contributed by atoms with Crippen molar-refractivity contribution in [3.63, 3.8) is 0 Å². The minimum atomic E-state index is -0.637. The highest BCUT2D eigenvalue weighted by atomic mass is 19.1. The van der Waals surface area contributed by atoms with E-state index in [0.29, 0.717) is 49.9 Å². The molecule has 186 valence electrons. The Labute approximate surface area is 199 Å². The van der Waals surface area contributed by atoms with Gasteiger partial charge in [0, 0.05) is 44.0 Å². The Balaban J connectivity index is 1.44. The van der Waals surface area contributed by atoms with Crippen LogP contribution in [-0.2, 0) is 4.79 Å². The number of carbonyl (C=O) groups is 1. The SMILES string of the molecule is CN[C@H](CC(=O)N1CCN(c2nc(N)c3cc(OC)c(OC)c(F)c3n2)CC1)C1CCCCC1. The van der Waals surface area contributed by atoms with Gasteiger partial charge < -0.3 is 30.3 Å². The molecule has 0 spiro atoms. The molecule has 0 unspecified atom stereocenters. The topological polar surface area (TPSA) is 106 Å². The van der Waals surface area contributed by atoms with Crippen molar-refractivity contribution in [2.24, 2.45) is 5.92 Å². The van der Waals surface area contributed by atoms with Gasteiger partial charge >= 0.3 is 0 Å². The third-order valence-electron chi connectivity index (χ3n) is 7.19. The fourth-order valence-corrected chi connectivity index (χ4v) is 5.19. The predicted molar refractivity (Wildman–Crippen MR) is 130 cm³/mol. The minimum absolute atomic E-state index is 0.0217. The predicted octanol–water partition coefficient (Wildman–Crippen LogP) is 2.58. The van der Waals surface area contributed by atoms with Gasteiger partial charge in [0.2, 0.25) is 11.9 Å². The second-order valence-electron chi connectivity index (χ2n) is 9.10. The maximum atomic E-state index is 15.1. The summed E-state index contributed by atoms with van der Waals surface area (Å²) in [5.74, 6) is 0.834. The highest BCUT2D eigenvalue weighted by Gasteiger charge is 2.29. The van der Waals surface area contributed by atoms with E-state index in [-0.39, 0.29) is 34.8 Å². The van der Waals surface area contributed by atoms with Crippen molar-refractivity contribution >= 4 is 28.6 Å². The number of hydrogen-bond acceptors (Lipinski definition) is 8. The Morgan fingerprint density at radius 2 is 1.88 bits per heavy atom. The zero-order valence-corrected chi connectivity index (χ0v) is 20.3. The molecule has 1 saturated carbocycles. The second-order valence-corrected chi connectivity index (χ2v) is 9.10. The molecule has 2 fully saturated rings. The standard InChI is InChI=1S/C24H35FN6O3/c1-27-17(15-7-5-4-6-8-15)14-19(32)30-9-11-31(12-10-30)24-28-21-16(23(26)29-24)13-18(33-2)22(34-3)20(21)25/h13,15,17,27H,4-12,14H2,1-3H3,(H2,26,28,29)/t17-/m1/s1. The average molecular weight is 475 g/mol. The van der Waals surface area contributed by atoms with Crippen molar-refractivity contribution in [2.75, 3.05) is 58.1 Å². The molecule has 1 aliphatic heterocycles. The van der Waals surface area contributed by atoms with Crippen LogP contribution >= 0.6 is 0 Å². The molecule has 9 nitrogen and oxygen atoms in total. The number of methoxy groups -OCH3 is 2. The van der Waals surface area contributed by atoms with Crippen LogP contribution in [0, 0.1) is 11.7 Å². The molecule has 1 aromatic carbocycles. The Kier molecular flexibility index (Phi) is 7.55. The molecule has 1 aromatic heterocycles. The largest absolute Gasteiger partial charge is 0.493 e. The smallest absolute Gasteiger partial charge is 0.228 e. The third-order valence-corrected chi connectivity index (χ3v) is 7.19. The first-order valence-electron chi connectivity index (χ1n) is 12.0. The van der Waals surface area contributed by atoms with Gasteiger partial charge in [0.1, 0.15) is 11.3 Å². The van der Waals surface area contributed by atoms with E-state index in [4.69, 9.17) is 15.2 Å². The van der Waals surface area contributed by atoms with Crippen LogP contribution < -0.4 is 25.4 Å². The molecule has 1 amide bonds. The third kappa shape index (κ3) is 4.82. The van der Waals surface area contributed by atoms with Gasteiger partial charge in [-0.05, 0) is 31.9 Å². The normalized spacial score (nSPS) is 18.2. The first-order chi connectivity index (χ1) is 16.5. The number of hydrogen-bond donors (Lipinski definition) is 2. The zero-order chi connectivity index (χ0) is 24.2. The number of nitrogens with one attached hydrogen (secondary N) is 1. The van der Waals surface area contributed by atoms with Crippen LogP contribution in [0.2, 0.25) is 0 Å². The van der Waals surface area contributed by atoms with Crippen LogP contribution in [0.4, 0.5) is 16.2 Å². The number of amides is 1. The van der Waals surface area contributed by atoms with Gasteiger partial charge in [0.05, 0.1) is 14.2 Å². The van der Waals surface area contributed by atoms with Crippen molar-refractivity contribution in [1.82, 2.24) is 20.2 Å². The number of nitrogens with zero attached hydrogens (tertiary/aromatic N) is 4. The number of nitrogen functional groups attached to an aromatic ring is 1. The lowest BCUT2D eigenvalue weighted by Crippen LogP contribution is -2.51. The van der Waals surface area contributed by atoms with Gasteiger partial charge in [0.25, 0.3) is 0 Å². The van der Waals surface area contributed by atoms with Gasteiger partial charge in [0.15, 0.2) is 17.3 Å². The Morgan fingerprint density at radius 3 is 2.50 bits per heavy atom. The molecule has 2 aliphatic rings. The van der Waals surface area contributed by atoms with E-state index < -0.39 is 5.82 Å². The summed E-state index contributed by atoms with van der Waals surface area (Å²) in [6, 6.07) is 1.81. The molecule has 10 heteroatoms. The fraction of sp³-hybridized carbons (Fsp3) is 0.625. The quantitative estimate of drug-likeness (QED) is 0.631. The van der Waals surface area contributed by atoms with Crippen molar-refractivity contribution in [2.45, 2.75) is 44.6 Å². The maximum Gasteiger partial charge on any atom is 0.228 e. The second kappa shape index (κ2) is 10.6. The summed E-state index contributed by atoms with van der Waals surface area (Å²) in [7, 11) is 4.76. The summed E-state index contributed by atoms with van der Waals surface area (Å²) in [5, 5.41) is 3.74. The molecule has 34 heavy (non-hydrogen) atoms. The molecular formula is C24H35FN6O3. The van der Waals surface area contributed by atoms with E-state index >= 15 is 4.39 Å². The number of fused-ring (bicyclic) bond motifs is 1. The van der Waals surface area contributed by atoms with Crippen LogP contribution in [-0.4, -0.2) is 74.3 Å². The molecule has 1 aliphatic carbocycles. The molecule has 0 bridgehead atoms. The lowest BCUT2D eigenvalue weighted by atomic mass is 9.82. The van der Waals surface area contributed by atoms with E-state index in [1.165, 1.54) is 46.3 Å². The number of anilines is 2. The number of rotatable bonds is 7. The number of carbonyl (C=O) groups excluding carboxylic acids is 1. The van der Waals surface area contributed by atoms with E-state index in [1.807, 2.05) is 16.8 Å².